The van der Waals surface area contributed by atoms with Crippen LogP contribution in [-0.2, 0) is 22.8 Å². The van der Waals surface area contributed by atoms with E-state index in [4.69, 9.17) is 0 Å². The third-order valence-corrected chi connectivity index (χ3v) is 6.05. The maximum Gasteiger partial charge on any atom is 0.175 e. The second kappa shape index (κ2) is 7.55. The molecule has 0 fully saturated rings. The van der Waals surface area contributed by atoms with Gasteiger partial charge in [-0.1, -0.05) is 19.1 Å². The molecule has 136 valence electrons. The highest BCUT2D eigenvalue weighted by molar-refractivity contribution is 7.90. The van der Waals surface area contributed by atoms with Gasteiger partial charge in [-0.15, -0.1) is 11.3 Å². The van der Waals surface area contributed by atoms with Gasteiger partial charge in [0.15, 0.2) is 9.84 Å². The lowest BCUT2D eigenvalue weighted by Crippen LogP contribution is -2.03. The van der Waals surface area contributed by atoms with Crippen LogP contribution in [0.4, 0.5) is 5.82 Å². The van der Waals surface area contributed by atoms with Crippen molar-refractivity contribution in [2.45, 2.75) is 31.7 Å². The van der Waals surface area contributed by atoms with Crippen LogP contribution >= 0.6 is 11.3 Å². The van der Waals surface area contributed by atoms with Gasteiger partial charge in [-0.3, -0.25) is 0 Å². The van der Waals surface area contributed by atoms with Crippen molar-refractivity contribution in [3.05, 3.63) is 58.0 Å². The summed E-state index contributed by atoms with van der Waals surface area (Å²) in [5.74, 6) is 0.791. The number of rotatable bonds is 6. The van der Waals surface area contributed by atoms with E-state index in [9.17, 15) is 8.42 Å². The molecular formula is C19H21N3O2S2. The number of sulfone groups is 1. The van der Waals surface area contributed by atoms with E-state index in [1.54, 1.807) is 35.6 Å². The van der Waals surface area contributed by atoms with Crippen LogP contribution in [0.5, 0.6) is 0 Å². The van der Waals surface area contributed by atoms with Crippen molar-refractivity contribution >= 4 is 27.0 Å². The molecule has 0 saturated carbocycles. The molecule has 1 aromatic carbocycles. The number of nitrogens with one attached hydrogen (secondary N) is 1. The molecule has 26 heavy (non-hydrogen) atoms. The summed E-state index contributed by atoms with van der Waals surface area (Å²) in [6.07, 6.45) is 2.10. The van der Waals surface area contributed by atoms with Crippen LogP contribution in [0.15, 0.2) is 46.7 Å². The Balaban J connectivity index is 1.87. The van der Waals surface area contributed by atoms with E-state index in [0.29, 0.717) is 11.4 Å². The number of thiazole rings is 1. The van der Waals surface area contributed by atoms with Gasteiger partial charge < -0.3 is 5.32 Å². The first-order chi connectivity index (χ1) is 12.3. The predicted octanol–water partition coefficient (Wildman–Crippen LogP) is 4.09. The Morgan fingerprint density at radius 1 is 1.12 bits per heavy atom. The topological polar surface area (TPSA) is 72.0 Å². The van der Waals surface area contributed by atoms with Gasteiger partial charge >= 0.3 is 0 Å². The van der Waals surface area contributed by atoms with E-state index in [0.717, 1.165) is 34.2 Å². The van der Waals surface area contributed by atoms with Gasteiger partial charge in [0.1, 0.15) is 10.8 Å². The second-order valence-corrected chi connectivity index (χ2v) is 9.09. The van der Waals surface area contributed by atoms with Crippen LogP contribution in [0.1, 0.15) is 23.2 Å². The summed E-state index contributed by atoms with van der Waals surface area (Å²) in [5, 5.41) is 6.38. The van der Waals surface area contributed by atoms with E-state index in [1.165, 1.54) is 11.8 Å². The van der Waals surface area contributed by atoms with Gasteiger partial charge in [0, 0.05) is 22.9 Å². The summed E-state index contributed by atoms with van der Waals surface area (Å²) >= 11 is 1.62. The van der Waals surface area contributed by atoms with Crippen LogP contribution in [0.2, 0.25) is 0 Å². The fourth-order valence-corrected chi connectivity index (χ4v) is 3.89. The quantitative estimate of drug-likeness (QED) is 0.690. The second-order valence-electron chi connectivity index (χ2n) is 6.13. The first-order valence-corrected chi connectivity index (χ1v) is 11.1. The summed E-state index contributed by atoms with van der Waals surface area (Å²) in [7, 11) is -3.20. The summed E-state index contributed by atoms with van der Waals surface area (Å²) in [6.45, 7) is 4.71. The molecule has 0 amide bonds. The summed E-state index contributed by atoms with van der Waals surface area (Å²) in [6, 6.07) is 10.9. The molecular weight excluding hydrogens is 366 g/mol. The molecule has 2 heterocycles. The van der Waals surface area contributed by atoms with E-state index < -0.39 is 9.84 Å². The van der Waals surface area contributed by atoms with Gasteiger partial charge in [0.2, 0.25) is 0 Å². The van der Waals surface area contributed by atoms with Crippen molar-refractivity contribution in [1.82, 2.24) is 9.97 Å². The van der Waals surface area contributed by atoms with Gasteiger partial charge in [-0.05, 0) is 43.2 Å². The molecule has 3 rings (SSSR count). The van der Waals surface area contributed by atoms with Gasteiger partial charge in [-0.25, -0.2) is 18.4 Å². The number of anilines is 1. The van der Waals surface area contributed by atoms with Gasteiger partial charge in [-0.2, -0.15) is 0 Å². The zero-order valence-electron chi connectivity index (χ0n) is 15.0. The molecule has 1 N–H and O–H groups in total. The first-order valence-electron chi connectivity index (χ1n) is 8.31. The van der Waals surface area contributed by atoms with Crippen LogP contribution in [0.25, 0.3) is 11.3 Å². The molecule has 0 bridgehead atoms. The lowest BCUT2D eigenvalue weighted by atomic mass is 10.1. The standard InChI is InChI=1S/C19H21N3O2S2/c1-4-14-9-17(15-5-7-16(8-6-15)26(3,23)24)22-18(10-14)20-11-19-21-13(2)12-25-19/h5-10,12H,4,11H2,1-3H3,(H,20,22). The molecule has 0 radical (unpaired) electrons. The number of aryl methyl sites for hydroxylation is 2. The number of aromatic nitrogens is 2. The zero-order chi connectivity index (χ0) is 18.7. The summed E-state index contributed by atoms with van der Waals surface area (Å²) in [4.78, 5) is 9.45. The average molecular weight is 388 g/mol. The Bertz CT molecular complexity index is 1010. The molecule has 0 unspecified atom stereocenters. The first kappa shape index (κ1) is 18.5. The monoisotopic (exact) mass is 387 g/mol. The van der Waals surface area contributed by atoms with Crippen molar-refractivity contribution in [3.63, 3.8) is 0 Å². The lowest BCUT2D eigenvalue weighted by Gasteiger charge is -2.10. The van der Waals surface area contributed by atoms with E-state index >= 15 is 0 Å². The fourth-order valence-electron chi connectivity index (χ4n) is 2.55. The largest absolute Gasteiger partial charge is 0.364 e. The summed E-state index contributed by atoms with van der Waals surface area (Å²) in [5.41, 5.74) is 3.90. The molecule has 2 aromatic heterocycles. The minimum atomic E-state index is -3.20. The van der Waals surface area contributed by atoms with Crippen LogP contribution < -0.4 is 5.32 Å². The molecule has 0 atom stereocenters. The Morgan fingerprint density at radius 2 is 1.85 bits per heavy atom. The molecule has 0 aliphatic rings. The normalized spacial score (nSPS) is 11.5. The molecule has 0 aliphatic heterocycles. The Hall–Kier alpha value is -2.25. The molecule has 0 spiro atoms. The van der Waals surface area contributed by atoms with Crippen LogP contribution in [0.3, 0.4) is 0 Å². The minimum Gasteiger partial charge on any atom is -0.364 e. The number of hydrogen-bond acceptors (Lipinski definition) is 6. The Labute approximate surface area is 158 Å². The highest BCUT2D eigenvalue weighted by Gasteiger charge is 2.09. The van der Waals surface area contributed by atoms with Crippen molar-refractivity contribution in [1.29, 1.82) is 0 Å². The molecule has 7 heteroatoms. The van der Waals surface area contributed by atoms with Crippen LogP contribution in [-0.4, -0.2) is 24.6 Å². The number of nitrogens with zero attached hydrogens (tertiary/aromatic N) is 2. The van der Waals surface area contributed by atoms with Crippen molar-refractivity contribution in [2.75, 3.05) is 11.6 Å². The van der Waals surface area contributed by atoms with E-state index in [-0.39, 0.29) is 0 Å². The van der Waals surface area contributed by atoms with Crippen molar-refractivity contribution in [3.8, 4) is 11.3 Å². The number of pyridine rings is 1. The lowest BCUT2D eigenvalue weighted by molar-refractivity contribution is 0.602. The van der Waals surface area contributed by atoms with Gasteiger partial charge in [0.05, 0.1) is 17.1 Å². The number of hydrogen-bond donors (Lipinski definition) is 1. The summed E-state index contributed by atoms with van der Waals surface area (Å²) < 4.78 is 23.3. The minimum absolute atomic E-state index is 0.311. The van der Waals surface area contributed by atoms with E-state index in [2.05, 4.69) is 22.2 Å². The average Bonchev–Trinajstić information content (AvgIpc) is 3.04. The zero-order valence-corrected chi connectivity index (χ0v) is 16.6. The highest BCUT2D eigenvalue weighted by atomic mass is 32.2. The maximum absolute atomic E-state index is 11.6. The van der Waals surface area contributed by atoms with Crippen molar-refractivity contribution < 1.29 is 8.42 Å². The predicted molar refractivity (Wildman–Crippen MR) is 106 cm³/mol. The third-order valence-electron chi connectivity index (χ3n) is 3.96. The molecule has 3 aromatic rings. The SMILES string of the molecule is CCc1cc(NCc2nc(C)cs2)nc(-c2ccc(S(C)(=O)=O)cc2)c1. The van der Waals surface area contributed by atoms with E-state index in [1.807, 2.05) is 24.4 Å². The molecule has 5 nitrogen and oxygen atoms in total. The Morgan fingerprint density at radius 3 is 2.42 bits per heavy atom. The number of benzene rings is 1. The molecule has 0 aliphatic carbocycles. The fraction of sp³-hybridized carbons (Fsp3) is 0.263. The van der Waals surface area contributed by atoms with Gasteiger partial charge in [0.25, 0.3) is 0 Å². The van der Waals surface area contributed by atoms with Crippen LogP contribution in [0, 0.1) is 6.92 Å². The highest BCUT2D eigenvalue weighted by Crippen LogP contribution is 2.24. The smallest absolute Gasteiger partial charge is 0.175 e. The maximum atomic E-state index is 11.6. The molecule has 0 saturated heterocycles. The Kier molecular flexibility index (Phi) is 5.38. The third kappa shape index (κ3) is 4.47. The van der Waals surface area contributed by atoms with Crippen molar-refractivity contribution in [2.24, 2.45) is 0 Å².